The van der Waals surface area contributed by atoms with E-state index in [0.29, 0.717) is 0 Å². The lowest BCUT2D eigenvalue weighted by Crippen LogP contribution is -2.05. The molecule has 0 N–H and O–H groups in total. The van der Waals surface area contributed by atoms with Crippen molar-refractivity contribution in [3.8, 4) is 11.1 Å². The van der Waals surface area contributed by atoms with Gasteiger partial charge in [0.05, 0.1) is 0 Å². The quantitative estimate of drug-likeness (QED) is 0.154. The highest BCUT2D eigenvalue weighted by Gasteiger charge is 2.23. The molecule has 0 bridgehead atoms. The molecule has 0 atom stereocenters. The average Bonchev–Trinajstić information content (AvgIpc) is 0.747. The van der Waals surface area contributed by atoms with Crippen molar-refractivity contribution in [3.05, 3.63) is 289 Å². The normalized spacial score (nSPS) is 10.9. The summed E-state index contributed by atoms with van der Waals surface area (Å²) in [6.45, 7) is 117. The predicted molar refractivity (Wildman–Crippen MR) is 516 cm³/mol. The molecule has 0 aliphatic carbocycles. The van der Waals surface area contributed by atoms with E-state index in [9.17, 15) is 0 Å². The summed E-state index contributed by atoms with van der Waals surface area (Å²) in [4.78, 5) is 0. The Morgan fingerprint density at radius 3 is 0.168 bits per heavy atom. The third-order valence-corrected chi connectivity index (χ3v) is 31.8. The Morgan fingerprint density at radius 1 is 0.0619 bits per heavy atom. The zero-order valence-electron chi connectivity index (χ0n) is 82.0. The van der Waals surface area contributed by atoms with Gasteiger partial charge in [-0.25, -0.2) is 0 Å². The second-order valence-electron chi connectivity index (χ2n) is 35.5. The summed E-state index contributed by atoms with van der Waals surface area (Å²) in [6, 6.07) is 0. The van der Waals surface area contributed by atoms with E-state index in [2.05, 4.69) is 360 Å². The van der Waals surface area contributed by atoms with E-state index < -0.39 is 0 Å². The minimum absolute atomic E-state index is 0. The van der Waals surface area contributed by atoms with Gasteiger partial charge in [-0.15, -0.1) is 0 Å². The van der Waals surface area contributed by atoms with Gasteiger partial charge in [0.15, 0.2) is 0 Å². The third-order valence-electron chi connectivity index (χ3n) is 31.8. The van der Waals surface area contributed by atoms with Gasteiger partial charge in [-0.2, -0.15) is 0 Å². The molecule has 0 radical (unpaired) electrons. The van der Waals surface area contributed by atoms with Crippen molar-refractivity contribution in [1.29, 1.82) is 0 Å². The predicted octanol–water partition coefficient (Wildman–Crippen LogP) is 33.6. The Kier molecular flexibility index (Phi) is 32.3. The lowest BCUT2D eigenvalue weighted by molar-refractivity contribution is 1.13. The molecule has 0 aliphatic rings. The van der Waals surface area contributed by atoms with Gasteiger partial charge in [0.25, 0.3) is 0 Å². The van der Waals surface area contributed by atoms with Crippen LogP contribution in [0, 0.1) is 360 Å². The monoisotopic (exact) mass is 1520 g/mol. The number of fused-ring (bicyclic) bond motifs is 3. The fraction of sp³-hybridized carbons (Fsp3) is 0.469. The molecule has 113 heavy (non-hydrogen) atoms. The first-order valence-electron chi connectivity index (χ1n) is 42.0. The Balaban J connectivity index is 0.000000281. The van der Waals surface area contributed by atoms with Crippen LogP contribution in [-0.4, -0.2) is 0 Å². The van der Waals surface area contributed by atoms with Crippen LogP contribution in [0.25, 0.3) is 43.4 Å². The summed E-state index contributed by atoms with van der Waals surface area (Å²) < 4.78 is 0. The van der Waals surface area contributed by atoms with Crippen molar-refractivity contribution in [3.63, 3.8) is 0 Å². The second kappa shape index (κ2) is 37.4. The van der Waals surface area contributed by atoms with E-state index in [-0.39, 0.29) is 7.43 Å². The molecule has 0 aliphatic heterocycles. The lowest BCUT2D eigenvalue weighted by Gasteiger charge is -2.25. The molecule has 0 saturated heterocycles. The fourth-order valence-corrected chi connectivity index (χ4v) is 18.4. The van der Waals surface area contributed by atoms with E-state index in [1.54, 1.807) is 0 Å². The summed E-state index contributed by atoms with van der Waals surface area (Å²) >= 11 is 0. The van der Waals surface area contributed by atoms with E-state index in [1.165, 1.54) is 333 Å². The molecule has 11 aromatic rings. The van der Waals surface area contributed by atoms with E-state index in [4.69, 9.17) is 0 Å². The van der Waals surface area contributed by atoms with Gasteiger partial charge < -0.3 is 0 Å². The van der Waals surface area contributed by atoms with E-state index in [0.717, 1.165) is 0 Å². The maximum Gasteiger partial charge on any atom is -0.0114 e. The first-order chi connectivity index (χ1) is 51.4. The van der Waals surface area contributed by atoms with Gasteiger partial charge in [0, 0.05) is 0 Å². The molecule has 612 valence electrons. The molecule has 0 nitrogen and oxygen atoms in total. The SMILES string of the molecule is C.Cc1c(C)c(C)c(-c2c(C)c(C)c(C)c(C)c2C)c(C)c1C.Cc1c(C)c(C)c(C)c(C)c1C.Cc1c(C)c(C)c(C)c(C)c1C.Cc1c(C)c(C)c(C)c(C)c1C.Cc1c(C)c(C)c2c(C)c(C)c(C)c(C)c2c1C.Cc1c(C)c(C)c2c(C)c(C)c(C)c(C)c2c1C.Cc1c(C)c(C)c2c(C)c(C)c(C)c(C)c2c1C. The fourth-order valence-electron chi connectivity index (χ4n) is 18.4. The maximum absolute atomic E-state index is 2.29. The highest BCUT2D eigenvalue weighted by Crippen LogP contribution is 2.44. The van der Waals surface area contributed by atoms with Gasteiger partial charge in [-0.3, -0.25) is 0 Å². The van der Waals surface area contributed by atoms with E-state index >= 15 is 0 Å². The van der Waals surface area contributed by atoms with Crippen molar-refractivity contribution < 1.29 is 0 Å². The van der Waals surface area contributed by atoms with Crippen LogP contribution in [0.4, 0.5) is 0 Å². The third kappa shape index (κ3) is 17.7. The van der Waals surface area contributed by atoms with Crippen molar-refractivity contribution in [2.24, 2.45) is 0 Å². The molecular formula is C113H160. The minimum atomic E-state index is 0. The highest BCUT2D eigenvalue weighted by atomic mass is 14.3. The lowest BCUT2D eigenvalue weighted by atomic mass is 9.80. The smallest absolute Gasteiger partial charge is 0.0114 e. The molecule has 0 aromatic heterocycles. The Morgan fingerprint density at radius 2 is 0.106 bits per heavy atom. The summed E-state index contributed by atoms with van der Waals surface area (Å²) in [6.07, 6.45) is 0. The molecule has 11 rings (SSSR count). The molecule has 0 unspecified atom stereocenters. The van der Waals surface area contributed by atoms with Crippen LogP contribution in [0.3, 0.4) is 0 Å². The Hall–Kier alpha value is -7.80. The van der Waals surface area contributed by atoms with Crippen molar-refractivity contribution in [1.82, 2.24) is 0 Å². The number of aryl methyl sites for hydroxylation is 12. The minimum Gasteiger partial charge on any atom is -0.0776 e. The molecule has 0 heterocycles. The molecule has 11 aromatic carbocycles. The molecule has 0 amide bonds. The Bertz CT molecular complexity index is 4390. The standard InChI is InChI=1S/C22H30.3C18H24.3C12H18.CH4/c1-11-13(3)17(7)21(18(8)14(11)4)22-19(9)15(5)12(2)16(6)20(22)10;3*1-9-10(2)14(6)18-16(8)12(4)11(3)15(7)17(18)13(9)5;3*1-7-8(2)10(4)12(6)11(5)9(7)3;/h1-10H3;3*1-8H3;3*1-6H3;1H4. The van der Waals surface area contributed by atoms with E-state index in [1.807, 2.05) is 0 Å². The number of rotatable bonds is 1. The molecule has 0 heteroatoms. The van der Waals surface area contributed by atoms with Crippen molar-refractivity contribution in [2.45, 2.75) is 367 Å². The number of hydrogen-bond donors (Lipinski definition) is 0. The van der Waals surface area contributed by atoms with Crippen LogP contribution < -0.4 is 0 Å². The van der Waals surface area contributed by atoms with Crippen LogP contribution in [-0.2, 0) is 0 Å². The second-order valence-corrected chi connectivity index (χ2v) is 35.5. The molecule has 0 spiro atoms. The Labute approximate surface area is 695 Å². The molecular weight excluding hydrogens is 1360 g/mol. The highest BCUT2D eigenvalue weighted by molar-refractivity contribution is 5.99. The summed E-state index contributed by atoms with van der Waals surface area (Å²) in [5, 5.41) is 8.90. The van der Waals surface area contributed by atoms with Crippen molar-refractivity contribution in [2.75, 3.05) is 0 Å². The maximum atomic E-state index is 2.29. The molecule has 0 fully saturated rings. The van der Waals surface area contributed by atoms with Crippen LogP contribution in [0.2, 0.25) is 0 Å². The van der Waals surface area contributed by atoms with Gasteiger partial charge in [0.1, 0.15) is 0 Å². The first-order valence-corrected chi connectivity index (χ1v) is 42.0. The van der Waals surface area contributed by atoms with Crippen molar-refractivity contribution >= 4 is 32.3 Å². The first kappa shape index (κ1) is 97.6. The largest absolute Gasteiger partial charge is 0.0776 e. The van der Waals surface area contributed by atoms with Crippen LogP contribution in [0.15, 0.2) is 0 Å². The number of hydrogen-bond acceptors (Lipinski definition) is 0. The zero-order chi connectivity index (χ0) is 86.6. The molecule has 0 saturated carbocycles. The van der Waals surface area contributed by atoms with Crippen LogP contribution in [0.5, 0.6) is 0 Å². The summed E-state index contributed by atoms with van der Waals surface area (Å²) in [5.74, 6) is 0. The summed E-state index contributed by atoms with van der Waals surface area (Å²) in [5.41, 5.74) is 78.3. The number of benzene rings is 11. The van der Waals surface area contributed by atoms with Crippen LogP contribution >= 0.6 is 0 Å². The van der Waals surface area contributed by atoms with Gasteiger partial charge >= 0.3 is 0 Å². The van der Waals surface area contributed by atoms with Gasteiger partial charge in [-0.1, -0.05) is 7.43 Å². The topological polar surface area (TPSA) is 0 Å². The zero-order valence-corrected chi connectivity index (χ0v) is 82.0. The van der Waals surface area contributed by atoms with Gasteiger partial charge in [0.2, 0.25) is 0 Å². The summed E-state index contributed by atoms with van der Waals surface area (Å²) in [7, 11) is 0. The average molecular weight is 1520 g/mol. The van der Waals surface area contributed by atoms with Crippen LogP contribution in [0.1, 0.15) is 297 Å². The van der Waals surface area contributed by atoms with Gasteiger partial charge in [-0.05, 0) is 693 Å².